The van der Waals surface area contributed by atoms with Gasteiger partial charge in [0.1, 0.15) is 13.2 Å². The molecule has 2 aliphatic rings. The molecule has 1 saturated heterocycles. The number of likely N-dealkylation sites (tertiary alicyclic amines) is 1. The average Bonchev–Trinajstić information content (AvgIpc) is 2.53. The Balaban J connectivity index is 1.83. The molecule has 1 fully saturated rings. The Bertz CT molecular complexity index is 573. The maximum absolute atomic E-state index is 12.7. The second kappa shape index (κ2) is 5.63. The Morgan fingerprint density at radius 1 is 1.24 bits per heavy atom. The number of ether oxygens (including phenoxy) is 2. The van der Waals surface area contributed by atoms with Crippen LogP contribution in [0.2, 0.25) is 0 Å². The lowest BCUT2D eigenvalue weighted by atomic mass is 9.96. The fraction of sp³-hybridized carbons (Fsp3) is 0.467. The standard InChI is InChI=1S/C15H18N2O4/c16-14(18)10-3-2-6-17(9-10)15(19)11-4-1-5-12-13(11)21-8-7-20-12/h1,4-5,10H,2-3,6-9H2,(H2,16,18). The molecule has 2 amide bonds. The van der Waals surface area contributed by atoms with Crippen LogP contribution in [0, 0.1) is 5.92 Å². The van der Waals surface area contributed by atoms with Crippen LogP contribution in [-0.4, -0.2) is 43.0 Å². The number of fused-ring (bicyclic) bond motifs is 1. The molecule has 6 nitrogen and oxygen atoms in total. The van der Waals surface area contributed by atoms with Gasteiger partial charge in [0.2, 0.25) is 5.91 Å². The lowest BCUT2D eigenvalue weighted by Gasteiger charge is -2.32. The van der Waals surface area contributed by atoms with Gasteiger partial charge in [0.05, 0.1) is 11.5 Å². The summed E-state index contributed by atoms with van der Waals surface area (Å²) < 4.78 is 11.1. The van der Waals surface area contributed by atoms with Crippen LogP contribution in [0.4, 0.5) is 0 Å². The van der Waals surface area contributed by atoms with Crippen LogP contribution in [-0.2, 0) is 4.79 Å². The fourth-order valence-electron chi connectivity index (χ4n) is 2.81. The van der Waals surface area contributed by atoms with Gasteiger partial charge in [-0.05, 0) is 25.0 Å². The molecule has 1 aromatic carbocycles. The molecule has 1 atom stereocenters. The maximum Gasteiger partial charge on any atom is 0.257 e. The summed E-state index contributed by atoms with van der Waals surface area (Å²) in [6.07, 6.45) is 1.53. The summed E-state index contributed by atoms with van der Waals surface area (Å²) in [5.41, 5.74) is 5.84. The number of piperidine rings is 1. The van der Waals surface area contributed by atoms with Crippen molar-refractivity contribution in [3.8, 4) is 11.5 Å². The molecule has 1 unspecified atom stereocenters. The van der Waals surface area contributed by atoms with E-state index in [-0.39, 0.29) is 17.7 Å². The molecule has 0 spiro atoms. The summed E-state index contributed by atoms with van der Waals surface area (Å²) in [5.74, 6) is 0.343. The molecule has 6 heteroatoms. The molecular weight excluding hydrogens is 272 g/mol. The number of hydrogen-bond acceptors (Lipinski definition) is 4. The maximum atomic E-state index is 12.7. The van der Waals surface area contributed by atoms with Gasteiger partial charge in [-0.25, -0.2) is 0 Å². The first-order valence-electron chi connectivity index (χ1n) is 7.14. The second-order valence-electron chi connectivity index (χ2n) is 5.32. The number of para-hydroxylation sites is 1. The summed E-state index contributed by atoms with van der Waals surface area (Å²) >= 11 is 0. The van der Waals surface area contributed by atoms with Crippen LogP contribution in [0.3, 0.4) is 0 Å². The molecule has 2 aliphatic heterocycles. The molecule has 0 bridgehead atoms. The van der Waals surface area contributed by atoms with Crippen LogP contribution in [0.5, 0.6) is 11.5 Å². The van der Waals surface area contributed by atoms with Gasteiger partial charge in [0, 0.05) is 13.1 Å². The van der Waals surface area contributed by atoms with Crippen LogP contribution < -0.4 is 15.2 Å². The zero-order valence-corrected chi connectivity index (χ0v) is 11.7. The van der Waals surface area contributed by atoms with Crippen LogP contribution in [0.15, 0.2) is 18.2 Å². The topological polar surface area (TPSA) is 81.9 Å². The van der Waals surface area contributed by atoms with Crippen molar-refractivity contribution in [1.82, 2.24) is 4.90 Å². The van der Waals surface area contributed by atoms with E-state index in [1.165, 1.54) is 0 Å². The summed E-state index contributed by atoms with van der Waals surface area (Å²) in [6.45, 7) is 1.92. The predicted octanol–water partition coefficient (Wildman–Crippen LogP) is 0.795. The molecule has 0 saturated carbocycles. The van der Waals surface area contributed by atoms with Gasteiger partial charge in [-0.2, -0.15) is 0 Å². The molecule has 2 heterocycles. The fourth-order valence-corrected chi connectivity index (χ4v) is 2.81. The van der Waals surface area contributed by atoms with Crippen molar-refractivity contribution in [1.29, 1.82) is 0 Å². The Morgan fingerprint density at radius 3 is 2.86 bits per heavy atom. The quantitative estimate of drug-likeness (QED) is 0.873. The van der Waals surface area contributed by atoms with E-state index < -0.39 is 0 Å². The number of carbonyl (C=O) groups is 2. The normalized spacial score (nSPS) is 21.0. The molecule has 0 radical (unpaired) electrons. The van der Waals surface area contributed by atoms with E-state index in [9.17, 15) is 9.59 Å². The zero-order valence-electron chi connectivity index (χ0n) is 11.7. The number of rotatable bonds is 2. The van der Waals surface area contributed by atoms with E-state index in [1.807, 2.05) is 0 Å². The zero-order chi connectivity index (χ0) is 14.8. The van der Waals surface area contributed by atoms with E-state index in [1.54, 1.807) is 23.1 Å². The van der Waals surface area contributed by atoms with E-state index in [4.69, 9.17) is 15.2 Å². The Kier molecular flexibility index (Phi) is 3.68. The van der Waals surface area contributed by atoms with Crippen molar-refractivity contribution < 1.29 is 19.1 Å². The molecule has 21 heavy (non-hydrogen) atoms. The third-order valence-electron chi connectivity index (χ3n) is 3.91. The van der Waals surface area contributed by atoms with E-state index in [0.717, 1.165) is 12.8 Å². The molecule has 1 aromatic rings. The monoisotopic (exact) mass is 290 g/mol. The highest BCUT2D eigenvalue weighted by atomic mass is 16.6. The Morgan fingerprint density at radius 2 is 2.05 bits per heavy atom. The van der Waals surface area contributed by atoms with Crippen molar-refractivity contribution in [2.45, 2.75) is 12.8 Å². The van der Waals surface area contributed by atoms with Gasteiger partial charge < -0.3 is 20.1 Å². The smallest absolute Gasteiger partial charge is 0.257 e. The van der Waals surface area contributed by atoms with Crippen molar-refractivity contribution in [2.75, 3.05) is 26.3 Å². The van der Waals surface area contributed by atoms with Gasteiger partial charge in [-0.15, -0.1) is 0 Å². The lowest BCUT2D eigenvalue weighted by molar-refractivity contribution is -0.123. The largest absolute Gasteiger partial charge is 0.486 e. The number of hydrogen-bond donors (Lipinski definition) is 1. The minimum atomic E-state index is -0.345. The van der Waals surface area contributed by atoms with Crippen LogP contribution in [0.1, 0.15) is 23.2 Å². The highest BCUT2D eigenvalue weighted by Crippen LogP contribution is 2.34. The molecule has 3 rings (SSSR count). The first-order chi connectivity index (χ1) is 10.2. The SMILES string of the molecule is NC(=O)C1CCCN(C(=O)c2cccc3c2OCCO3)C1. The predicted molar refractivity (Wildman–Crippen MR) is 75.3 cm³/mol. The number of primary amides is 1. The molecular formula is C15H18N2O4. The van der Waals surface area contributed by atoms with Crippen molar-refractivity contribution in [3.05, 3.63) is 23.8 Å². The van der Waals surface area contributed by atoms with E-state index in [2.05, 4.69) is 0 Å². The number of nitrogens with two attached hydrogens (primary N) is 1. The summed E-state index contributed by atoms with van der Waals surface area (Å²) in [7, 11) is 0. The first-order valence-corrected chi connectivity index (χ1v) is 7.14. The number of nitrogens with zero attached hydrogens (tertiary/aromatic N) is 1. The van der Waals surface area contributed by atoms with Crippen molar-refractivity contribution >= 4 is 11.8 Å². The molecule has 2 N–H and O–H groups in total. The first kappa shape index (κ1) is 13.7. The highest BCUT2D eigenvalue weighted by molar-refractivity contribution is 5.98. The second-order valence-corrected chi connectivity index (χ2v) is 5.32. The van der Waals surface area contributed by atoms with E-state index in [0.29, 0.717) is 43.4 Å². The Hall–Kier alpha value is -2.24. The van der Waals surface area contributed by atoms with Crippen LogP contribution in [0.25, 0.3) is 0 Å². The minimum absolute atomic E-state index is 0.136. The highest BCUT2D eigenvalue weighted by Gasteiger charge is 2.30. The van der Waals surface area contributed by atoms with Gasteiger partial charge in [0.25, 0.3) is 5.91 Å². The minimum Gasteiger partial charge on any atom is -0.486 e. The van der Waals surface area contributed by atoms with Crippen LogP contribution >= 0.6 is 0 Å². The number of amides is 2. The van der Waals surface area contributed by atoms with Crippen molar-refractivity contribution in [3.63, 3.8) is 0 Å². The van der Waals surface area contributed by atoms with Crippen molar-refractivity contribution in [2.24, 2.45) is 11.7 Å². The van der Waals surface area contributed by atoms with E-state index >= 15 is 0 Å². The summed E-state index contributed by atoms with van der Waals surface area (Å²) in [6, 6.07) is 5.29. The third-order valence-corrected chi connectivity index (χ3v) is 3.91. The summed E-state index contributed by atoms with van der Waals surface area (Å²) in [4.78, 5) is 25.7. The average molecular weight is 290 g/mol. The number of carbonyl (C=O) groups excluding carboxylic acids is 2. The van der Waals surface area contributed by atoms with Gasteiger partial charge in [-0.3, -0.25) is 9.59 Å². The van der Waals surface area contributed by atoms with Gasteiger partial charge in [0.15, 0.2) is 11.5 Å². The number of benzene rings is 1. The van der Waals surface area contributed by atoms with Gasteiger partial charge >= 0.3 is 0 Å². The molecule has 0 aromatic heterocycles. The lowest BCUT2D eigenvalue weighted by Crippen LogP contribution is -2.44. The van der Waals surface area contributed by atoms with Gasteiger partial charge in [-0.1, -0.05) is 6.07 Å². The molecule has 112 valence electrons. The summed E-state index contributed by atoms with van der Waals surface area (Å²) in [5, 5.41) is 0. The third kappa shape index (κ3) is 2.66. The molecule has 0 aliphatic carbocycles. The Labute approximate surface area is 122 Å².